The van der Waals surface area contributed by atoms with Crippen LogP contribution in [0.1, 0.15) is 23.8 Å². The zero-order valence-electron chi connectivity index (χ0n) is 11.7. The zero-order valence-corrected chi connectivity index (χ0v) is 11.7. The van der Waals surface area contributed by atoms with E-state index in [1.54, 1.807) is 30.3 Å². The molecule has 2 aromatic rings. The van der Waals surface area contributed by atoms with Crippen molar-refractivity contribution in [1.29, 1.82) is 0 Å². The highest BCUT2D eigenvalue weighted by atomic mass is 19.4. The van der Waals surface area contributed by atoms with Gasteiger partial charge in [0, 0.05) is 0 Å². The van der Waals surface area contributed by atoms with Crippen molar-refractivity contribution in [3.05, 3.63) is 53.7 Å². The highest BCUT2D eigenvalue weighted by molar-refractivity contribution is 5.77. The maximum absolute atomic E-state index is 12.3. The fourth-order valence-corrected chi connectivity index (χ4v) is 1.70. The molecule has 122 valence electrons. The number of aliphatic hydroxyl groups is 1. The molecule has 2 rings (SSSR count). The van der Waals surface area contributed by atoms with Gasteiger partial charge in [-0.1, -0.05) is 30.3 Å². The Morgan fingerprint density at radius 3 is 2.39 bits per heavy atom. The number of anilines is 1. The number of hydrogen-bond donors (Lipinski definition) is 3. The third-order valence-electron chi connectivity index (χ3n) is 2.85. The molecular formula is C14H13F3N4O2. The van der Waals surface area contributed by atoms with E-state index in [9.17, 15) is 23.1 Å². The van der Waals surface area contributed by atoms with Crippen molar-refractivity contribution in [2.24, 2.45) is 0 Å². The van der Waals surface area contributed by atoms with Crippen molar-refractivity contribution in [1.82, 2.24) is 15.6 Å². The molecule has 0 radical (unpaired) electrons. The second-order valence-electron chi connectivity index (χ2n) is 4.61. The molecular weight excluding hydrogens is 313 g/mol. The summed E-state index contributed by atoms with van der Waals surface area (Å²) in [7, 11) is 0. The largest absolute Gasteiger partial charge is 0.435 e. The van der Waals surface area contributed by atoms with Gasteiger partial charge in [-0.2, -0.15) is 13.2 Å². The van der Waals surface area contributed by atoms with Gasteiger partial charge in [0.15, 0.2) is 11.5 Å². The Morgan fingerprint density at radius 2 is 1.83 bits per heavy atom. The highest BCUT2D eigenvalue weighted by Gasteiger charge is 2.32. The van der Waals surface area contributed by atoms with Gasteiger partial charge in [0.05, 0.1) is 12.5 Å². The van der Waals surface area contributed by atoms with E-state index >= 15 is 0 Å². The minimum Gasteiger partial charge on any atom is -0.388 e. The lowest BCUT2D eigenvalue weighted by Crippen LogP contribution is -2.31. The van der Waals surface area contributed by atoms with Crippen LogP contribution >= 0.6 is 0 Å². The van der Waals surface area contributed by atoms with Gasteiger partial charge < -0.3 is 5.11 Å². The van der Waals surface area contributed by atoms with E-state index in [0.29, 0.717) is 5.56 Å². The summed E-state index contributed by atoms with van der Waals surface area (Å²) in [6.07, 6.45) is -5.78. The molecule has 0 bridgehead atoms. The first-order chi connectivity index (χ1) is 10.9. The number of benzene rings is 1. The van der Waals surface area contributed by atoms with E-state index in [4.69, 9.17) is 0 Å². The van der Waals surface area contributed by atoms with E-state index in [1.807, 2.05) is 0 Å². The van der Waals surface area contributed by atoms with Crippen LogP contribution in [0.15, 0.2) is 42.5 Å². The molecule has 1 unspecified atom stereocenters. The monoisotopic (exact) mass is 326 g/mol. The summed E-state index contributed by atoms with van der Waals surface area (Å²) in [6.45, 7) is 0. The molecule has 6 nitrogen and oxygen atoms in total. The van der Waals surface area contributed by atoms with Gasteiger partial charge in [0.1, 0.15) is 0 Å². The third kappa shape index (κ3) is 4.92. The molecule has 1 amide bonds. The maximum Gasteiger partial charge on any atom is 0.435 e. The SMILES string of the molecule is O=C(CC(O)c1ccccc1)NNc1ccc(C(F)(F)F)nn1. The minimum atomic E-state index is -4.57. The van der Waals surface area contributed by atoms with Crippen molar-refractivity contribution in [3.63, 3.8) is 0 Å². The zero-order chi connectivity index (χ0) is 16.9. The lowest BCUT2D eigenvalue weighted by atomic mass is 10.1. The molecule has 0 saturated carbocycles. The van der Waals surface area contributed by atoms with E-state index in [2.05, 4.69) is 21.0 Å². The lowest BCUT2D eigenvalue weighted by Gasteiger charge is -2.12. The predicted molar refractivity (Wildman–Crippen MR) is 74.8 cm³/mol. The molecule has 1 atom stereocenters. The highest BCUT2D eigenvalue weighted by Crippen LogP contribution is 2.26. The Hall–Kier alpha value is -2.68. The van der Waals surface area contributed by atoms with Gasteiger partial charge >= 0.3 is 6.18 Å². The fraction of sp³-hybridized carbons (Fsp3) is 0.214. The number of aliphatic hydroxyl groups excluding tert-OH is 1. The van der Waals surface area contributed by atoms with Crippen LogP contribution in [0, 0.1) is 0 Å². The summed E-state index contributed by atoms with van der Waals surface area (Å²) in [5, 5.41) is 16.2. The number of alkyl halides is 3. The molecule has 1 aromatic heterocycles. The molecule has 0 fully saturated rings. The quantitative estimate of drug-likeness (QED) is 0.732. The Kier molecular flexibility index (Phi) is 5.12. The lowest BCUT2D eigenvalue weighted by molar-refractivity contribution is -0.141. The van der Waals surface area contributed by atoms with E-state index in [-0.39, 0.29) is 12.2 Å². The first-order valence-corrected chi connectivity index (χ1v) is 6.55. The van der Waals surface area contributed by atoms with Gasteiger partial charge in [0.2, 0.25) is 5.91 Å². The maximum atomic E-state index is 12.3. The second-order valence-corrected chi connectivity index (χ2v) is 4.61. The van der Waals surface area contributed by atoms with Crippen LogP contribution in [0.5, 0.6) is 0 Å². The summed E-state index contributed by atoms with van der Waals surface area (Å²) in [6, 6.07) is 10.4. The number of rotatable bonds is 5. The molecule has 1 aromatic carbocycles. The summed E-state index contributed by atoms with van der Waals surface area (Å²) in [5.74, 6) is -0.608. The smallest absolute Gasteiger partial charge is 0.388 e. The molecule has 0 aliphatic carbocycles. The molecule has 0 aliphatic rings. The standard InChI is InChI=1S/C14H13F3N4O2/c15-14(16,17)11-6-7-12(19-18-11)20-21-13(23)8-10(22)9-4-2-1-3-5-9/h1-7,10,22H,8H2,(H,19,20)(H,21,23). The molecule has 3 N–H and O–H groups in total. The van der Waals surface area contributed by atoms with Gasteiger partial charge in [-0.25, -0.2) is 0 Å². The van der Waals surface area contributed by atoms with Crippen molar-refractivity contribution >= 4 is 11.7 Å². The number of halogens is 3. The molecule has 1 heterocycles. The van der Waals surface area contributed by atoms with Crippen LogP contribution in [0.2, 0.25) is 0 Å². The molecule has 0 spiro atoms. The van der Waals surface area contributed by atoms with Crippen molar-refractivity contribution in [2.75, 3.05) is 5.43 Å². The number of hydrazine groups is 1. The van der Waals surface area contributed by atoms with Crippen molar-refractivity contribution in [2.45, 2.75) is 18.7 Å². The molecule has 9 heteroatoms. The normalized spacial score (nSPS) is 12.5. The molecule has 0 saturated heterocycles. The summed E-state index contributed by atoms with van der Waals surface area (Å²) in [4.78, 5) is 11.7. The second kappa shape index (κ2) is 7.05. The Bertz CT molecular complexity index is 647. The average Bonchev–Trinajstić information content (AvgIpc) is 2.53. The summed E-state index contributed by atoms with van der Waals surface area (Å²) < 4.78 is 37.0. The Balaban J connectivity index is 1.85. The summed E-state index contributed by atoms with van der Waals surface area (Å²) in [5.41, 5.74) is 4.00. The number of nitrogens with zero attached hydrogens (tertiary/aromatic N) is 2. The minimum absolute atomic E-state index is 0.0550. The number of carbonyl (C=O) groups is 1. The topological polar surface area (TPSA) is 87.1 Å². The number of carbonyl (C=O) groups excluding carboxylic acids is 1. The van der Waals surface area contributed by atoms with Crippen molar-refractivity contribution in [3.8, 4) is 0 Å². The molecule has 23 heavy (non-hydrogen) atoms. The van der Waals surface area contributed by atoms with E-state index < -0.39 is 23.9 Å². The first kappa shape index (κ1) is 16.7. The van der Waals surface area contributed by atoms with Crippen LogP contribution in [0.3, 0.4) is 0 Å². The van der Waals surface area contributed by atoms with Crippen LogP contribution in [-0.4, -0.2) is 21.2 Å². The fourth-order valence-electron chi connectivity index (χ4n) is 1.70. The third-order valence-corrected chi connectivity index (χ3v) is 2.85. The number of aromatic nitrogens is 2. The van der Waals surface area contributed by atoms with Crippen molar-refractivity contribution < 1.29 is 23.1 Å². The predicted octanol–water partition coefficient (Wildman–Crippen LogP) is 2.06. The Labute approximate surface area is 129 Å². The first-order valence-electron chi connectivity index (χ1n) is 6.55. The van der Waals surface area contributed by atoms with Crippen LogP contribution in [-0.2, 0) is 11.0 Å². The Morgan fingerprint density at radius 1 is 1.13 bits per heavy atom. The average molecular weight is 326 g/mol. The van der Waals surface area contributed by atoms with Gasteiger partial charge in [-0.05, 0) is 17.7 Å². The number of hydrogen-bond acceptors (Lipinski definition) is 5. The van der Waals surface area contributed by atoms with Gasteiger partial charge in [-0.15, -0.1) is 10.2 Å². The van der Waals surface area contributed by atoms with Gasteiger partial charge in [0.25, 0.3) is 0 Å². The van der Waals surface area contributed by atoms with Gasteiger partial charge in [-0.3, -0.25) is 15.6 Å². The molecule has 0 aliphatic heterocycles. The number of amides is 1. The van der Waals surface area contributed by atoms with E-state index in [1.165, 1.54) is 0 Å². The van der Waals surface area contributed by atoms with Crippen LogP contribution < -0.4 is 10.9 Å². The van der Waals surface area contributed by atoms with Crippen LogP contribution in [0.4, 0.5) is 19.0 Å². The summed E-state index contributed by atoms with van der Waals surface area (Å²) >= 11 is 0. The number of nitrogens with one attached hydrogen (secondary N) is 2. The van der Waals surface area contributed by atoms with Crippen LogP contribution in [0.25, 0.3) is 0 Å². The van der Waals surface area contributed by atoms with E-state index in [0.717, 1.165) is 12.1 Å².